The molecule has 90 valence electrons. The second kappa shape index (κ2) is 7.94. The van der Waals surface area contributed by atoms with Gasteiger partial charge in [-0.25, -0.2) is 0 Å². The number of esters is 1. The number of methoxy groups -OCH3 is 1. The molecule has 0 radical (unpaired) electrons. The fourth-order valence-electron chi connectivity index (χ4n) is 2.18. The average molecular weight is 236 g/mol. The Hall–Kier alpha value is -0.280. The topological polar surface area (TPSA) is 52.3 Å². The predicted octanol–water partition coefficient (Wildman–Crippen LogP) is 2.13. The van der Waals surface area contributed by atoms with Crippen molar-refractivity contribution in [2.45, 2.75) is 38.5 Å². The van der Waals surface area contributed by atoms with Crippen LogP contribution in [0, 0.1) is 11.8 Å². The Labute approximate surface area is 98.2 Å². The van der Waals surface area contributed by atoms with Crippen molar-refractivity contribution >= 4 is 18.4 Å². The highest BCUT2D eigenvalue weighted by molar-refractivity contribution is 5.85. The molecule has 3 nitrogen and oxygen atoms in total. The van der Waals surface area contributed by atoms with Gasteiger partial charge in [0, 0.05) is 6.42 Å². The first-order chi connectivity index (χ1) is 6.76. The molecule has 0 saturated heterocycles. The van der Waals surface area contributed by atoms with Gasteiger partial charge >= 0.3 is 5.97 Å². The summed E-state index contributed by atoms with van der Waals surface area (Å²) in [6.45, 7) is 0.823. The maximum absolute atomic E-state index is 10.9. The van der Waals surface area contributed by atoms with E-state index in [4.69, 9.17) is 5.73 Å². The first-order valence-electron chi connectivity index (χ1n) is 5.53. The number of carbonyl (C=O) groups excluding carboxylic acids is 1. The van der Waals surface area contributed by atoms with Gasteiger partial charge < -0.3 is 10.5 Å². The third kappa shape index (κ3) is 5.38. The SMILES string of the molecule is COC(=O)CCC1CCC(CN)CC1.Cl. The van der Waals surface area contributed by atoms with Gasteiger partial charge in [-0.3, -0.25) is 4.79 Å². The zero-order valence-electron chi connectivity index (χ0n) is 9.41. The van der Waals surface area contributed by atoms with Gasteiger partial charge in [0.05, 0.1) is 7.11 Å². The van der Waals surface area contributed by atoms with Gasteiger partial charge in [-0.2, -0.15) is 0 Å². The van der Waals surface area contributed by atoms with E-state index in [1.807, 2.05) is 0 Å². The highest BCUT2D eigenvalue weighted by Crippen LogP contribution is 2.30. The Morgan fingerprint density at radius 3 is 2.27 bits per heavy atom. The van der Waals surface area contributed by atoms with Gasteiger partial charge in [0.1, 0.15) is 0 Å². The Morgan fingerprint density at radius 2 is 1.80 bits per heavy atom. The van der Waals surface area contributed by atoms with Crippen molar-refractivity contribution < 1.29 is 9.53 Å². The minimum Gasteiger partial charge on any atom is -0.469 e. The molecule has 15 heavy (non-hydrogen) atoms. The van der Waals surface area contributed by atoms with Crippen LogP contribution in [0.15, 0.2) is 0 Å². The van der Waals surface area contributed by atoms with Crippen molar-refractivity contribution in [1.29, 1.82) is 0 Å². The summed E-state index contributed by atoms with van der Waals surface area (Å²) >= 11 is 0. The maximum atomic E-state index is 10.9. The average Bonchev–Trinajstić information content (AvgIpc) is 2.26. The summed E-state index contributed by atoms with van der Waals surface area (Å²) < 4.78 is 4.62. The van der Waals surface area contributed by atoms with E-state index in [0.717, 1.165) is 24.8 Å². The summed E-state index contributed by atoms with van der Waals surface area (Å²) in [5.41, 5.74) is 5.62. The highest BCUT2D eigenvalue weighted by Gasteiger charge is 2.20. The molecule has 1 fully saturated rings. The smallest absolute Gasteiger partial charge is 0.305 e. The fourth-order valence-corrected chi connectivity index (χ4v) is 2.18. The van der Waals surface area contributed by atoms with E-state index < -0.39 is 0 Å². The Balaban J connectivity index is 0.00000196. The molecule has 4 heteroatoms. The predicted molar refractivity (Wildman–Crippen MR) is 63.0 cm³/mol. The molecule has 2 N–H and O–H groups in total. The van der Waals surface area contributed by atoms with E-state index in [9.17, 15) is 4.79 Å². The Kier molecular flexibility index (Phi) is 7.79. The first-order valence-corrected chi connectivity index (χ1v) is 5.53. The van der Waals surface area contributed by atoms with Crippen LogP contribution < -0.4 is 5.73 Å². The standard InChI is InChI=1S/C11H21NO2.ClH/c1-14-11(13)7-6-9-2-4-10(8-12)5-3-9;/h9-10H,2-8,12H2,1H3;1H. The van der Waals surface area contributed by atoms with Crippen molar-refractivity contribution in [2.24, 2.45) is 17.6 Å². The third-order valence-electron chi connectivity index (χ3n) is 3.28. The van der Waals surface area contributed by atoms with Crippen molar-refractivity contribution in [3.05, 3.63) is 0 Å². The molecular formula is C11H22ClNO2. The van der Waals surface area contributed by atoms with Gasteiger partial charge in [0.2, 0.25) is 0 Å². The van der Waals surface area contributed by atoms with Crippen molar-refractivity contribution in [3.63, 3.8) is 0 Å². The van der Waals surface area contributed by atoms with Crippen LogP contribution in [0.4, 0.5) is 0 Å². The van der Waals surface area contributed by atoms with Crippen LogP contribution in [-0.4, -0.2) is 19.6 Å². The summed E-state index contributed by atoms with van der Waals surface area (Å²) in [6, 6.07) is 0. The molecule has 0 aromatic carbocycles. The number of nitrogens with two attached hydrogens (primary N) is 1. The molecule has 1 rings (SSSR count). The zero-order valence-corrected chi connectivity index (χ0v) is 10.2. The molecule has 1 aliphatic rings. The van der Waals surface area contributed by atoms with E-state index in [-0.39, 0.29) is 18.4 Å². The van der Waals surface area contributed by atoms with Gasteiger partial charge in [-0.05, 0) is 37.6 Å². The van der Waals surface area contributed by atoms with Crippen molar-refractivity contribution in [3.8, 4) is 0 Å². The van der Waals surface area contributed by atoms with E-state index in [1.165, 1.54) is 32.8 Å². The van der Waals surface area contributed by atoms with E-state index in [1.54, 1.807) is 0 Å². The van der Waals surface area contributed by atoms with Crippen molar-refractivity contribution in [1.82, 2.24) is 0 Å². The number of halogens is 1. The second-order valence-corrected chi connectivity index (χ2v) is 4.24. The summed E-state index contributed by atoms with van der Waals surface area (Å²) in [7, 11) is 1.45. The van der Waals surface area contributed by atoms with Crippen LogP contribution in [0.1, 0.15) is 38.5 Å². The van der Waals surface area contributed by atoms with Crippen LogP contribution in [0.25, 0.3) is 0 Å². The van der Waals surface area contributed by atoms with Crippen LogP contribution in [0.3, 0.4) is 0 Å². The maximum Gasteiger partial charge on any atom is 0.305 e. The van der Waals surface area contributed by atoms with E-state index in [2.05, 4.69) is 4.74 Å². The number of hydrogen-bond donors (Lipinski definition) is 1. The van der Waals surface area contributed by atoms with E-state index in [0.29, 0.717) is 6.42 Å². The Morgan fingerprint density at radius 1 is 1.27 bits per heavy atom. The van der Waals surface area contributed by atoms with Gasteiger partial charge in [0.25, 0.3) is 0 Å². The zero-order chi connectivity index (χ0) is 10.4. The van der Waals surface area contributed by atoms with Crippen LogP contribution >= 0.6 is 12.4 Å². The van der Waals surface area contributed by atoms with E-state index >= 15 is 0 Å². The first kappa shape index (κ1) is 14.7. The Bertz CT molecular complexity index is 179. The molecule has 0 aromatic rings. The number of carbonyl (C=O) groups is 1. The van der Waals surface area contributed by atoms with Gasteiger partial charge in [-0.15, -0.1) is 12.4 Å². The molecule has 0 bridgehead atoms. The lowest BCUT2D eigenvalue weighted by molar-refractivity contribution is -0.141. The molecule has 1 saturated carbocycles. The number of rotatable bonds is 4. The molecule has 0 heterocycles. The molecular weight excluding hydrogens is 214 g/mol. The lowest BCUT2D eigenvalue weighted by Gasteiger charge is -2.27. The lowest BCUT2D eigenvalue weighted by Crippen LogP contribution is -2.21. The molecule has 0 spiro atoms. The molecule has 0 amide bonds. The molecule has 1 aliphatic carbocycles. The van der Waals surface area contributed by atoms with Crippen LogP contribution in [0.2, 0.25) is 0 Å². The summed E-state index contributed by atoms with van der Waals surface area (Å²) in [5.74, 6) is 1.37. The largest absolute Gasteiger partial charge is 0.469 e. The van der Waals surface area contributed by atoms with Crippen LogP contribution in [0.5, 0.6) is 0 Å². The molecule has 0 aliphatic heterocycles. The van der Waals surface area contributed by atoms with Crippen LogP contribution in [-0.2, 0) is 9.53 Å². The summed E-state index contributed by atoms with van der Waals surface area (Å²) in [6.07, 6.45) is 6.51. The lowest BCUT2D eigenvalue weighted by atomic mass is 9.80. The molecule has 0 aromatic heterocycles. The number of ether oxygens (including phenoxy) is 1. The normalized spacial score (nSPS) is 25.5. The van der Waals surface area contributed by atoms with Crippen molar-refractivity contribution in [2.75, 3.05) is 13.7 Å². The minimum atomic E-state index is -0.0778. The minimum absolute atomic E-state index is 0. The third-order valence-corrected chi connectivity index (χ3v) is 3.28. The monoisotopic (exact) mass is 235 g/mol. The van der Waals surface area contributed by atoms with Gasteiger partial charge in [0.15, 0.2) is 0 Å². The summed E-state index contributed by atoms with van der Waals surface area (Å²) in [4.78, 5) is 10.9. The summed E-state index contributed by atoms with van der Waals surface area (Å²) in [5, 5.41) is 0. The molecule has 0 atom stereocenters. The fraction of sp³-hybridized carbons (Fsp3) is 0.909. The number of hydrogen-bond acceptors (Lipinski definition) is 3. The molecule has 0 unspecified atom stereocenters. The highest BCUT2D eigenvalue weighted by atomic mass is 35.5. The van der Waals surface area contributed by atoms with Gasteiger partial charge in [-0.1, -0.05) is 12.8 Å². The second-order valence-electron chi connectivity index (χ2n) is 4.24. The quantitative estimate of drug-likeness (QED) is 0.760.